The molecule has 2 aromatic rings. The van der Waals surface area contributed by atoms with Gasteiger partial charge < -0.3 is 9.72 Å². The zero-order chi connectivity index (χ0) is 13.2. The molecule has 102 valence electrons. The van der Waals surface area contributed by atoms with E-state index in [0.29, 0.717) is 6.04 Å². The van der Waals surface area contributed by atoms with Crippen molar-refractivity contribution in [3.8, 4) is 0 Å². The maximum atomic E-state index is 5.40. The van der Waals surface area contributed by atoms with Crippen molar-refractivity contribution in [2.75, 3.05) is 26.3 Å². The lowest BCUT2D eigenvalue weighted by molar-refractivity contribution is 0.0184. The quantitative estimate of drug-likeness (QED) is 0.921. The molecule has 1 fully saturated rings. The molecule has 0 saturated carbocycles. The Morgan fingerprint density at radius 1 is 1.37 bits per heavy atom. The largest absolute Gasteiger partial charge is 0.379 e. The number of fused-ring (bicyclic) bond motifs is 1. The van der Waals surface area contributed by atoms with E-state index in [9.17, 15) is 0 Å². The fourth-order valence-electron chi connectivity index (χ4n) is 2.63. The van der Waals surface area contributed by atoms with Crippen molar-refractivity contribution < 1.29 is 4.74 Å². The Bertz CT molecular complexity index is 558. The molecule has 0 bridgehead atoms. The third-order valence-corrected chi connectivity index (χ3v) is 3.96. The van der Waals surface area contributed by atoms with Crippen LogP contribution in [0.25, 0.3) is 11.0 Å². The monoisotopic (exact) mass is 259 g/mol. The van der Waals surface area contributed by atoms with Crippen molar-refractivity contribution in [3.63, 3.8) is 0 Å². The second-order valence-electron chi connectivity index (χ2n) is 5.15. The molecule has 0 radical (unpaired) electrons. The Morgan fingerprint density at radius 2 is 2.16 bits per heavy atom. The molecule has 1 aromatic heterocycles. The van der Waals surface area contributed by atoms with Crippen LogP contribution in [0.1, 0.15) is 31.3 Å². The van der Waals surface area contributed by atoms with Gasteiger partial charge in [0.15, 0.2) is 0 Å². The minimum absolute atomic E-state index is 0.321. The van der Waals surface area contributed by atoms with Gasteiger partial charge in [0.05, 0.1) is 30.3 Å². The zero-order valence-corrected chi connectivity index (χ0v) is 11.6. The van der Waals surface area contributed by atoms with Crippen LogP contribution in [-0.2, 0) is 11.2 Å². The number of nitrogens with one attached hydrogen (secondary N) is 1. The zero-order valence-electron chi connectivity index (χ0n) is 11.6. The standard InChI is InChI=1S/C15H21N3O/c1-3-12-4-5-13-14(10-12)17-15(16-13)11(2)18-6-8-19-9-7-18/h4-5,10-11H,3,6-9H2,1-2H3,(H,16,17). The number of ether oxygens (including phenoxy) is 1. The Hall–Kier alpha value is -1.39. The number of hydrogen-bond donors (Lipinski definition) is 1. The van der Waals surface area contributed by atoms with Crippen LogP contribution in [-0.4, -0.2) is 41.2 Å². The molecule has 2 heterocycles. The average Bonchev–Trinajstić information content (AvgIpc) is 2.90. The lowest BCUT2D eigenvalue weighted by Gasteiger charge is -2.31. The normalized spacial score (nSPS) is 18.8. The molecule has 1 aliphatic rings. The van der Waals surface area contributed by atoms with E-state index in [2.05, 4.69) is 41.9 Å². The molecule has 0 spiro atoms. The van der Waals surface area contributed by atoms with Crippen LogP contribution < -0.4 is 0 Å². The van der Waals surface area contributed by atoms with E-state index in [-0.39, 0.29) is 0 Å². The third kappa shape index (κ3) is 2.51. The van der Waals surface area contributed by atoms with E-state index in [1.165, 1.54) is 5.56 Å². The first-order valence-electron chi connectivity index (χ1n) is 7.08. The summed E-state index contributed by atoms with van der Waals surface area (Å²) in [7, 11) is 0. The Morgan fingerprint density at radius 3 is 2.89 bits per heavy atom. The molecule has 1 N–H and O–H groups in total. The van der Waals surface area contributed by atoms with Gasteiger partial charge in [0.2, 0.25) is 0 Å². The van der Waals surface area contributed by atoms with Crippen molar-refractivity contribution in [2.24, 2.45) is 0 Å². The van der Waals surface area contributed by atoms with Gasteiger partial charge >= 0.3 is 0 Å². The molecule has 0 amide bonds. The van der Waals surface area contributed by atoms with Gasteiger partial charge in [0, 0.05) is 13.1 Å². The number of nitrogens with zero attached hydrogens (tertiary/aromatic N) is 2. The highest BCUT2D eigenvalue weighted by atomic mass is 16.5. The van der Waals surface area contributed by atoms with Crippen LogP contribution in [0.4, 0.5) is 0 Å². The molecular weight excluding hydrogens is 238 g/mol. The van der Waals surface area contributed by atoms with Gasteiger partial charge in [-0.25, -0.2) is 4.98 Å². The summed E-state index contributed by atoms with van der Waals surface area (Å²) in [4.78, 5) is 10.6. The van der Waals surface area contributed by atoms with Crippen LogP contribution in [0.15, 0.2) is 18.2 Å². The molecular formula is C15H21N3O. The molecule has 4 nitrogen and oxygen atoms in total. The highest BCUT2D eigenvalue weighted by molar-refractivity contribution is 5.76. The van der Waals surface area contributed by atoms with Crippen LogP contribution in [0.2, 0.25) is 0 Å². The predicted molar refractivity (Wildman–Crippen MR) is 76.3 cm³/mol. The first-order valence-corrected chi connectivity index (χ1v) is 7.08. The summed E-state index contributed by atoms with van der Waals surface area (Å²) < 4.78 is 5.40. The minimum Gasteiger partial charge on any atom is -0.379 e. The first kappa shape index (κ1) is 12.6. The van der Waals surface area contributed by atoms with Crippen molar-refractivity contribution in [3.05, 3.63) is 29.6 Å². The van der Waals surface area contributed by atoms with Gasteiger partial charge in [-0.15, -0.1) is 0 Å². The lowest BCUT2D eigenvalue weighted by atomic mass is 10.1. The van der Waals surface area contributed by atoms with Gasteiger partial charge in [-0.05, 0) is 31.0 Å². The molecule has 0 aliphatic carbocycles. The summed E-state index contributed by atoms with van der Waals surface area (Å²) in [5, 5.41) is 0. The molecule has 1 saturated heterocycles. The van der Waals surface area contributed by atoms with Crippen molar-refractivity contribution in [1.29, 1.82) is 0 Å². The van der Waals surface area contributed by atoms with Gasteiger partial charge in [-0.2, -0.15) is 0 Å². The van der Waals surface area contributed by atoms with Gasteiger partial charge in [0.1, 0.15) is 5.82 Å². The highest BCUT2D eigenvalue weighted by Gasteiger charge is 2.21. The fraction of sp³-hybridized carbons (Fsp3) is 0.533. The second-order valence-corrected chi connectivity index (χ2v) is 5.15. The maximum Gasteiger partial charge on any atom is 0.124 e. The Kier molecular flexibility index (Phi) is 3.53. The Labute approximate surface area is 113 Å². The van der Waals surface area contributed by atoms with Crippen LogP contribution in [0.5, 0.6) is 0 Å². The number of H-pyrrole nitrogens is 1. The van der Waals surface area contributed by atoms with E-state index >= 15 is 0 Å². The summed E-state index contributed by atoms with van der Waals surface area (Å²) >= 11 is 0. The van der Waals surface area contributed by atoms with Crippen molar-refractivity contribution in [1.82, 2.24) is 14.9 Å². The lowest BCUT2D eigenvalue weighted by Crippen LogP contribution is -2.38. The average molecular weight is 259 g/mol. The van der Waals surface area contributed by atoms with Gasteiger partial charge in [-0.1, -0.05) is 13.0 Å². The third-order valence-electron chi connectivity index (χ3n) is 3.96. The van der Waals surface area contributed by atoms with Gasteiger partial charge in [0.25, 0.3) is 0 Å². The van der Waals surface area contributed by atoms with E-state index in [0.717, 1.165) is 49.6 Å². The number of aromatic amines is 1. The van der Waals surface area contributed by atoms with Crippen LogP contribution in [0.3, 0.4) is 0 Å². The van der Waals surface area contributed by atoms with E-state index in [4.69, 9.17) is 9.72 Å². The minimum atomic E-state index is 0.321. The number of morpholine rings is 1. The summed E-state index contributed by atoms with van der Waals surface area (Å²) in [6.45, 7) is 8.00. The Balaban J connectivity index is 1.87. The number of aryl methyl sites for hydroxylation is 1. The molecule has 3 rings (SSSR count). The summed E-state index contributed by atoms with van der Waals surface area (Å²) in [5.74, 6) is 1.06. The van der Waals surface area contributed by atoms with E-state index in [1.54, 1.807) is 0 Å². The van der Waals surface area contributed by atoms with Crippen LogP contribution >= 0.6 is 0 Å². The van der Waals surface area contributed by atoms with Gasteiger partial charge in [-0.3, -0.25) is 4.90 Å². The molecule has 1 unspecified atom stereocenters. The topological polar surface area (TPSA) is 41.2 Å². The van der Waals surface area contributed by atoms with E-state index in [1.807, 2.05) is 0 Å². The SMILES string of the molecule is CCc1ccc2nc(C(C)N3CCOCC3)[nH]c2c1. The highest BCUT2D eigenvalue weighted by Crippen LogP contribution is 2.22. The second kappa shape index (κ2) is 5.31. The molecule has 1 atom stereocenters. The number of hydrogen-bond acceptors (Lipinski definition) is 3. The fourth-order valence-corrected chi connectivity index (χ4v) is 2.63. The van der Waals surface area contributed by atoms with Crippen molar-refractivity contribution >= 4 is 11.0 Å². The number of imidazole rings is 1. The summed E-state index contributed by atoms with van der Waals surface area (Å²) in [5.41, 5.74) is 3.56. The van der Waals surface area contributed by atoms with Crippen molar-refractivity contribution in [2.45, 2.75) is 26.3 Å². The van der Waals surface area contributed by atoms with E-state index < -0.39 is 0 Å². The summed E-state index contributed by atoms with van der Waals surface area (Å²) in [6, 6.07) is 6.80. The summed E-state index contributed by atoms with van der Waals surface area (Å²) in [6.07, 6.45) is 1.06. The molecule has 1 aromatic carbocycles. The number of rotatable bonds is 3. The first-order chi connectivity index (χ1) is 9.28. The molecule has 4 heteroatoms. The predicted octanol–water partition coefficient (Wildman–Crippen LogP) is 2.52. The number of benzene rings is 1. The maximum absolute atomic E-state index is 5.40. The molecule has 1 aliphatic heterocycles. The van der Waals surface area contributed by atoms with Crippen LogP contribution in [0, 0.1) is 0 Å². The number of aromatic nitrogens is 2. The smallest absolute Gasteiger partial charge is 0.124 e. The molecule has 19 heavy (non-hydrogen) atoms.